The Kier molecular flexibility index (Phi) is 17.3. The minimum Gasteiger partial charge on any atom is -0.478 e. The first-order chi connectivity index (χ1) is 26.4. The van der Waals surface area contributed by atoms with E-state index in [1.54, 1.807) is 41.5 Å². The topological polar surface area (TPSA) is 194 Å². The Labute approximate surface area is 335 Å². The van der Waals surface area contributed by atoms with Gasteiger partial charge in [-0.25, -0.2) is 23.1 Å². The minimum absolute atomic E-state index is 0.0820. The van der Waals surface area contributed by atoms with E-state index in [0.717, 1.165) is 17.2 Å². The van der Waals surface area contributed by atoms with Gasteiger partial charge in [0.2, 0.25) is 15.9 Å². The molecular formula is C41H55ClN4O9S. The van der Waals surface area contributed by atoms with Crippen molar-refractivity contribution in [2.75, 3.05) is 18.5 Å². The van der Waals surface area contributed by atoms with Crippen LogP contribution in [-0.2, 0) is 53.3 Å². The van der Waals surface area contributed by atoms with Crippen LogP contribution < -0.4 is 15.8 Å². The van der Waals surface area contributed by atoms with E-state index >= 15 is 0 Å². The maximum Gasteiger partial charge on any atom is 0.337 e. The van der Waals surface area contributed by atoms with Crippen molar-refractivity contribution in [2.24, 2.45) is 5.14 Å². The molecule has 0 heterocycles. The average Bonchev–Trinajstić information content (AvgIpc) is 3.13. The number of carboxylic acids is 1. The first-order valence-electron chi connectivity index (χ1n) is 18.8. The molecule has 1 amide bonds. The molecule has 0 saturated heterocycles. The Bertz CT molecular complexity index is 1910. The van der Waals surface area contributed by atoms with Crippen LogP contribution >= 0.6 is 11.6 Å². The van der Waals surface area contributed by atoms with Crippen LogP contribution in [0.1, 0.15) is 94.3 Å². The van der Waals surface area contributed by atoms with Gasteiger partial charge in [0.05, 0.1) is 28.9 Å². The Morgan fingerprint density at radius 2 is 1.54 bits per heavy atom. The lowest BCUT2D eigenvalue weighted by atomic mass is 10.0. The molecule has 0 saturated carbocycles. The van der Waals surface area contributed by atoms with E-state index in [1.807, 2.05) is 60.7 Å². The first kappa shape index (κ1) is 45.9. The molecule has 3 rings (SSSR count). The van der Waals surface area contributed by atoms with E-state index in [1.165, 1.54) is 4.90 Å². The fraction of sp³-hybridized carbons (Fsp3) is 0.463. The molecule has 0 bridgehead atoms. The van der Waals surface area contributed by atoms with E-state index < -0.39 is 62.5 Å². The summed E-state index contributed by atoms with van der Waals surface area (Å²) in [5.74, 6) is -2.86. The smallest absolute Gasteiger partial charge is 0.337 e. The van der Waals surface area contributed by atoms with Gasteiger partial charge in [-0.2, -0.15) is 0 Å². The molecule has 0 aliphatic carbocycles. The van der Waals surface area contributed by atoms with Crippen molar-refractivity contribution in [1.29, 1.82) is 0 Å². The third kappa shape index (κ3) is 13.6. The second kappa shape index (κ2) is 21.1. The molecule has 306 valence electrons. The monoisotopic (exact) mass is 814 g/mol. The first-order valence-corrected chi connectivity index (χ1v) is 20.7. The largest absolute Gasteiger partial charge is 0.478 e. The highest BCUT2D eigenvalue weighted by Gasteiger charge is 2.36. The van der Waals surface area contributed by atoms with E-state index in [-0.39, 0.29) is 54.4 Å². The Hall–Kier alpha value is -4.50. The summed E-state index contributed by atoms with van der Waals surface area (Å²) in [4.78, 5) is 54.8. The van der Waals surface area contributed by atoms with Crippen LogP contribution in [0.2, 0.25) is 5.02 Å². The number of sulfonamides is 1. The molecule has 15 heteroatoms. The predicted molar refractivity (Wildman–Crippen MR) is 216 cm³/mol. The number of anilines is 1. The van der Waals surface area contributed by atoms with Crippen LogP contribution in [0, 0.1) is 0 Å². The Morgan fingerprint density at radius 3 is 2.07 bits per heavy atom. The molecule has 3 aromatic rings. The number of unbranched alkanes of at least 4 members (excludes halogenated alkanes) is 1. The summed E-state index contributed by atoms with van der Waals surface area (Å²) in [5, 5.41) is 21.4. The van der Waals surface area contributed by atoms with Crippen LogP contribution in [-0.4, -0.2) is 79.1 Å². The van der Waals surface area contributed by atoms with Gasteiger partial charge in [0, 0.05) is 13.1 Å². The van der Waals surface area contributed by atoms with Gasteiger partial charge in [0.25, 0.3) is 0 Å². The van der Waals surface area contributed by atoms with Crippen molar-refractivity contribution in [1.82, 2.24) is 10.2 Å². The zero-order chi connectivity index (χ0) is 41.6. The van der Waals surface area contributed by atoms with Crippen LogP contribution in [0.5, 0.6) is 0 Å². The SMILES string of the molecule is CCOC(=O)[C@H](CCc1ccccc1)N[C@@H](C)C(=O)N(Cc1ccccc1)[C@H](CCCCNc1c(C(=O)O)cc(S(N)(=O)=O)c(Cl)c1CC)C(=O)OC(C)(C)C. The summed E-state index contributed by atoms with van der Waals surface area (Å²) in [7, 11) is -4.30. The summed E-state index contributed by atoms with van der Waals surface area (Å²) in [6.07, 6.45) is 2.16. The molecule has 5 N–H and O–H groups in total. The van der Waals surface area contributed by atoms with Crippen LogP contribution in [0.25, 0.3) is 0 Å². The number of rotatable bonds is 21. The Morgan fingerprint density at radius 1 is 0.929 bits per heavy atom. The van der Waals surface area contributed by atoms with Crippen molar-refractivity contribution in [3.05, 3.63) is 94.0 Å². The van der Waals surface area contributed by atoms with Gasteiger partial charge in [0.15, 0.2) is 0 Å². The molecule has 3 atom stereocenters. The zero-order valence-electron chi connectivity index (χ0n) is 33.0. The molecule has 3 aromatic carbocycles. The number of hydrogen-bond donors (Lipinski definition) is 4. The normalized spacial score (nSPS) is 13.3. The number of nitrogens with zero attached hydrogens (tertiary/aromatic N) is 1. The number of carbonyl (C=O) groups excluding carboxylic acids is 3. The fourth-order valence-electron chi connectivity index (χ4n) is 6.26. The highest BCUT2D eigenvalue weighted by Crippen LogP contribution is 2.35. The number of halogens is 1. The number of aryl methyl sites for hydroxylation is 1. The fourth-order valence-corrected chi connectivity index (χ4v) is 7.52. The molecule has 0 fully saturated rings. The van der Waals surface area contributed by atoms with Gasteiger partial charge in [-0.1, -0.05) is 79.2 Å². The molecule has 0 unspecified atom stereocenters. The summed E-state index contributed by atoms with van der Waals surface area (Å²) < 4.78 is 35.5. The number of carbonyl (C=O) groups is 4. The molecule has 0 aromatic heterocycles. The van der Waals surface area contributed by atoms with Gasteiger partial charge in [-0.3, -0.25) is 14.9 Å². The lowest BCUT2D eigenvalue weighted by Gasteiger charge is -2.35. The minimum atomic E-state index is -4.30. The maximum atomic E-state index is 14.5. The van der Waals surface area contributed by atoms with Gasteiger partial charge in [-0.05, 0) is 95.9 Å². The second-order valence-corrected chi connectivity index (χ2v) is 16.3. The van der Waals surface area contributed by atoms with Crippen molar-refractivity contribution in [2.45, 2.75) is 115 Å². The number of nitrogens with one attached hydrogen (secondary N) is 2. The number of hydrogen-bond acceptors (Lipinski definition) is 10. The molecular weight excluding hydrogens is 760 g/mol. The van der Waals surface area contributed by atoms with Crippen molar-refractivity contribution in [3.63, 3.8) is 0 Å². The average molecular weight is 815 g/mol. The lowest BCUT2D eigenvalue weighted by molar-refractivity contribution is -0.166. The third-order valence-corrected chi connectivity index (χ3v) is 10.4. The number of amides is 1. The van der Waals surface area contributed by atoms with Gasteiger partial charge in [-0.15, -0.1) is 0 Å². The summed E-state index contributed by atoms with van der Waals surface area (Å²) >= 11 is 6.40. The van der Waals surface area contributed by atoms with Crippen LogP contribution in [0.15, 0.2) is 71.6 Å². The molecule has 0 aliphatic rings. The van der Waals surface area contributed by atoms with Crippen molar-refractivity contribution in [3.8, 4) is 0 Å². The van der Waals surface area contributed by atoms with Crippen molar-refractivity contribution >= 4 is 51.1 Å². The molecule has 56 heavy (non-hydrogen) atoms. The highest BCUT2D eigenvalue weighted by molar-refractivity contribution is 7.89. The quantitative estimate of drug-likeness (QED) is 0.0716. The van der Waals surface area contributed by atoms with Crippen LogP contribution in [0.4, 0.5) is 5.69 Å². The summed E-state index contributed by atoms with van der Waals surface area (Å²) in [5.41, 5.74) is 1.11. The molecule has 0 aliphatic heterocycles. The number of benzene rings is 3. The van der Waals surface area contributed by atoms with E-state index in [0.29, 0.717) is 25.7 Å². The van der Waals surface area contributed by atoms with Gasteiger partial charge < -0.3 is 24.8 Å². The molecule has 13 nitrogen and oxygen atoms in total. The number of nitrogens with two attached hydrogens (primary N) is 1. The highest BCUT2D eigenvalue weighted by atomic mass is 35.5. The van der Waals surface area contributed by atoms with Gasteiger partial charge in [0.1, 0.15) is 22.6 Å². The summed E-state index contributed by atoms with van der Waals surface area (Å²) in [6, 6.07) is 17.1. The lowest BCUT2D eigenvalue weighted by Crippen LogP contribution is -2.55. The second-order valence-electron chi connectivity index (χ2n) is 14.4. The molecule has 0 radical (unpaired) electrons. The third-order valence-electron chi connectivity index (χ3n) is 8.92. The molecule has 0 spiro atoms. The summed E-state index contributed by atoms with van der Waals surface area (Å²) in [6.45, 7) is 10.8. The predicted octanol–water partition coefficient (Wildman–Crippen LogP) is 6.11. The van der Waals surface area contributed by atoms with Gasteiger partial charge >= 0.3 is 17.9 Å². The van der Waals surface area contributed by atoms with E-state index in [9.17, 15) is 32.7 Å². The van der Waals surface area contributed by atoms with Crippen LogP contribution in [0.3, 0.4) is 0 Å². The standard InChI is InChI=1S/C41H55ClN4O9S/c1-7-30-35(42)34(56(43,52)53)25-31(38(48)49)36(30)44-24-16-15-21-33(40(51)55-41(4,5)6)46(26-29-19-13-10-14-20-29)37(47)27(3)45-32(39(50)54-8-2)23-22-28-17-11-9-12-18-28/h9-14,17-20,25,27,32-33,44-45H,7-8,15-16,21-24,26H2,1-6H3,(H,48,49)(H2,43,52,53)/t27-,32-,33+/m0/s1. The number of ether oxygens (including phenoxy) is 2. The zero-order valence-corrected chi connectivity index (χ0v) is 34.5. The number of aromatic carboxylic acids is 1. The number of primary sulfonamides is 1. The Balaban J connectivity index is 1.90. The van der Waals surface area contributed by atoms with E-state index in [4.69, 9.17) is 26.2 Å². The van der Waals surface area contributed by atoms with Crippen molar-refractivity contribution < 1.29 is 42.2 Å². The maximum absolute atomic E-state index is 14.5. The number of carboxylic acid groups (broad SMARTS) is 1. The number of esters is 2. The van der Waals surface area contributed by atoms with E-state index in [2.05, 4.69) is 10.6 Å².